The Labute approximate surface area is 166 Å². The van der Waals surface area contributed by atoms with Gasteiger partial charge in [0.2, 0.25) is 0 Å². The zero-order valence-electron chi connectivity index (χ0n) is 16.6. The molecular weight excluding hydrogens is 354 g/mol. The van der Waals surface area contributed by atoms with E-state index in [0.29, 0.717) is 12.3 Å². The van der Waals surface area contributed by atoms with Crippen LogP contribution in [-0.4, -0.2) is 69.3 Å². The lowest BCUT2D eigenvalue weighted by atomic mass is 10.2. The number of hydrogen-bond acceptors (Lipinski definition) is 6. The fraction of sp³-hybridized carbons (Fsp3) is 0.429. The van der Waals surface area contributed by atoms with Crippen LogP contribution in [0.15, 0.2) is 42.6 Å². The molecule has 3 rings (SSSR count). The lowest BCUT2D eigenvalue weighted by Gasteiger charge is -2.34. The molecule has 1 aliphatic heterocycles. The summed E-state index contributed by atoms with van der Waals surface area (Å²) >= 11 is 0. The van der Waals surface area contributed by atoms with Gasteiger partial charge in [0, 0.05) is 69.7 Å². The first-order valence-corrected chi connectivity index (χ1v) is 9.69. The molecule has 28 heavy (non-hydrogen) atoms. The predicted octanol–water partition coefficient (Wildman–Crippen LogP) is 2.53. The molecule has 0 bridgehead atoms. The second-order valence-corrected chi connectivity index (χ2v) is 6.99. The maximum absolute atomic E-state index is 12.5. The largest absolute Gasteiger partial charge is 0.385 e. The minimum absolute atomic E-state index is 0.215. The van der Waals surface area contributed by atoms with Gasteiger partial charge in [-0.15, -0.1) is 0 Å². The maximum Gasteiger partial charge on any atom is 0.274 e. The number of likely N-dealkylation sites (N-methyl/N-ethyl adjacent to an activating group) is 1. The molecule has 1 aromatic carbocycles. The minimum atomic E-state index is -0.215. The summed E-state index contributed by atoms with van der Waals surface area (Å²) in [5, 5.41) is 6.20. The third-order valence-corrected chi connectivity index (χ3v) is 4.84. The van der Waals surface area contributed by atoms with E-state index in [1.807, 2.05) is 18.2 Å². The van der Waals surface area contributed by atoms with E-state index in [2.05, 4.69) is 44.6 Å². The van der Waals surface area contributed by atoms with Gasteiger partial charge in [0.05, 0.1) is 0 Å². The van der Waals surface area contributed by atoms with Crippen LogP contribution in [0.5, 0.6) is 0 Å². The number of nitrogens with zero attached hydrogens (tertiary/aromatic N) is 3. The van der Waals surface area contributed by atoms with Gasteiger partial charge >= 0.3 is 0 Å². The van der Waals surface area contributed by atoms with Crippen LogP contribution in [0.3, 0.4) is 0 Å². The molecule has 2 heterocycles. The van der Waals surface area contributed by atoms with Gasteiger partial charge in [-0.1, -0.05) is 0 Å². The Kier molecular flexibility index (Phi) is 7.22. The van der Waals surface area contributed by atoms with Crippen molar-refractivity contribution < 1.29 is 9.53 Å². The fourth-order valence-corrected chi connectivity index (χ4v) is 3.13. The van der Waals surface area contributed by atoms with Gasteiger partial charge in [0.1, 0.15) is 5.69 Å². The van der Waals surface area contributed by atoms with Crippen molar-refractivity contribution in [1.29, 1.82) is 0 Å². The number of piperazine rings is 1. The van der Waals surface area contributed by atoms with Crippen LogP contribution < -0.4 is 15.5 Å². The van der Waals surface area contributed by atoms with Crippen LogP contribution in [0, 0.1) is 0 Å². The van der Waals surface area contributed by atoms with E-state index in [4.69, 9.17) is 4.74 Å². The summed E-state index contributed by atoms with van der Waals surface area (Å²) in [5.41, 5.74) is 3.22. The van der Waals surface area contributed by atoms with E-state index in [-0.39, 0.29) is 5.91 Å². The maximum atomic E-state index is 12.5. The van der Waals surface area contributed by atoms with Crippen molar-refractivity contribution in [1.82, 2.24) is 9.88 Å². The van der Waals surface area contributed by atoms with Crippen molar-refractivity contribution in [2.24, 2.45) is 0 Å². The van der Waals surface area contributed by atoms with E-state index in [1.54, 1.807) is 19.4 Å². The fourth-order valence-electron chi connectivity index (χ4n) is 3.13. The first-order chi connectivity index (χ1) is 13.7. The van der Waals surface area contributed by atoms with Crippen LogP contribution in [0.1, 0.15) is 16.9 Å². The Bertz CT molecular complexity index is 758. The number of amides is 1. The number of anilines is 3. The molecule has 0 atom stereocenters. The summed E-state index contributed by atoms with van der Waals surface area (Å²) in [7, 11) is 3.83. The molecule has 2 N–H and O–H groups in total. The second kappa shape index (κ2) is 10.1. The summed E-state index contributed by atoms with van der Waals surface area (Å²) in [6.07, 6.45) is 2.55. The number of carbonyl (C=O) groups excluding carboxylic acids is 1. The Hall–Kier alpha value is -2.64. The first-order valence-electron chi connectivity index (χ1n) is 9.69. The van der Waals surface area contributed by atoms with E-state index >= 15 is 0 Å². The first kappa shape index (κ1) is 20.1. The zero-order valence-corrected chi connectivity index (χ0v) is 16.6. The number of ether oxygens (including phenoxy) is 1. The highest BCUT2D eigenvalue weighted by Crippen LogP contribution is 2.20. The standard InChI is InChI=1S/C21H29N5O2/c1-25-11-13-26(14-12-25)19-6-4-17(5-7-19)24-21(27)20-16-18(8-10-23-20)22-9-3-15-28-2/h4-8,10,16H,3,9,11-15H2,1-2H3,(H,22,23)(H,24,27). The number of rotatable bonds is 8. The van der Waals surface area contributed by atoms with Gasteiger partial charge in [-0.3, -0.25) is 9.78 Å². The van der Waals surface area contributed by atoms with E-state index in [9.17, 15) is 4.79 Å². The number of methoxy groups -OCH3 is 1. The summed E-state index contributed by atoms with van der Waals surface area (Å²) in [6, 6.07) is 11.6. The molecule has 7 nitrogen and oxygen atoms in total. The molecule has 1 saturated heterocycles. The molecule has 0 radical (unpaired) electrons. The molecule has 0 saturated carbocycles. The smallest absolute Gasteiger partial charge is 0.274 e. The van der Waals surface area contributed by atoms with Crippen molar-refractivity contribution >= 4 is 23.0 Å². The highest BCUT2D eigenvalue weighted by atomic mass is 16.5. The molecule has 1 amide bonds. The lowest BCUT2D eigenvalue weighted by molar-refractivity contribution is 0.102. The van der Waals surface area contributed by atoms with Crippen LogP contribution in [0.25, 0.3) is 0 Å². The highest BCUT2D eigenvalue weighted by molar-refractivity contribution is 6.03. The third-order valence-electron chi connectivity index (χ3n) is 4.84. The molecular formula is C21H29N5O2. The molecule has 1 aliphatic rings. The predicted molar refractivity (Wildman–Crippen MR) is 113 cm³/mol. The van der Waals surface area contributed by atoms with Crippen molar-refractivity contribution in [3.8, 4) is 0 Å². The van der Waals surface area contributed by atoms with Crippen molar-refractivity contribution in [3.63, 3.8) is 0 Å². The van der Waals surface area contributed by atoms with Crippen LogP contribution >= 0.6 is 0 Å². The molecule has 2 aromatic rings. The molecule has 0 unspecified atom stereocenters. The summed E-state index contributed by atoms with van der Waals surface area (Å²) < 4.78 is 5.04. The van der Waals surface area contributed by atoms with E-state index < -0.39 is 0 Å². The van der Waals surface area contributed by atoms with Gasteiger partial charge in [0.25, 0.3) is 5.91 Å². The van der Waals surface area contributed by atoms with Gasteiger partial charge < -0.3 is 25.2 Å². The lowest BCUT2D eigenvalue weighted by Crippen LogP contribution is -2.44. The number of aromatic nitrogens is 1. The average molecular weight is 383 g/mol. The quantitative estimate of drug-likeness (QED) is 0.683. The molecule has 150 valence electrons. The van der Waals surface area contributed by atoms with Crippen molar-refractivity contribution in [3.05, 3.63) is 48.3 Å². The summed E-state index contributed by atoms with van der Waals surface area (Å²) in [4.78, 5) is 21.4. The van der Waals surface area contributed by atoms with Crippen molar-refractivity contribution in [2.45, 2.75) is 6.42 Å². The van der Waals surface area contributed by atoms with Gasteiger partial charge in [0.15, 0.2) is 0 Å². The van der Waals surface area contributed by atoms with E-state index in [0.717, 1.165) is 50.5 Å². The zero-order chi connectivity index (χ0) is 19.8. The molecule has 7 heteroatoms. The number of carbonyl (C=O) groups is 1. The normalized spacial score (nSPS) is 14.7. The van der Waals surface area contributed by atoms with Gasteiger partial charge in [-0.05, 0) is 49.9 Å². The topological polar surface area (TPSA) is 69.7 Å². The van der Waals surface area contributed by atoms with Crippen LogP contribution in [-0.2, 0) is 4.74 Å². The highest BCUT2D eigenvalue weighted by Gasteiger charge is 2.14. The van der Waals surface area contributed by atoms with Crippen LogP contribution in [0.2, 0.25) is 0 Å². The number of benzene rings is 1. The third kappa shape index (κ3) is 5.68. The monoisotopic (exact) mass is 383 g/mol. The molecule has 0 spiro atoms. The molecule has 1 aromatic heterocycles. The Morgan fingerprint density at radius 2 is 1.86 bits per heavy atom. The number of pyridine rings is 1. The SMILES string of the molecule is COCCCNc1ccnc(C(=O)Nc2ccc(N3CCN(C)CC3)cc2)c1. The average Bonchev–Trinajstić information content (AvgIpc) is 2.73. The van der Waals surface area contributed by atoms with Gasteiger partial charge in [-0.25, -0.2) is 0 Å². The summed E-state index contributed by atoms with van der Waals surface area (Å²) in [6.45, 7) is 5.68. The second-order valence-electron chi connectivity index (χ2n) is 6.99. The Morgan fingerprint density at radius 1 is 1.11 bits per heavy atom. The number of nitrogens with one attached hydrogen (secondary N) is 2. The Balaban J connectivity index is 1.55. The minimum Gasteiger partial charge on any atom is -0.385 e. The molecule has 0 aliphatic carbocycles. The number of hydrogen-bond donors (Lipinski definition) is 2. The van der Waals surface area contributed by atoms with Crippen LogP contribution in [0.4, 0.5) is 17.1 Å². The molecule has 1 fully saturated rings. The summed E-state index contributed by atoms with van der Waals surface area (Å²) in [5.74, 6) is -0.215. The van der Waals surface area contributed by atoms with Gasteiger partial charge in [-0.2, -0.15) is 0 Å². The van der Waals surface area contributed by atoms with Crippen molar-refractivity contribution in [2.75, 3.05) is 69.0 Å². The Morgan fingerprint density at radius 3 is 2.57 bits per heavy atom. The van der Waals surface area contributed by atoms with E-state index in [1.165, 1.54) is 5.69 Å².